The van der Waals surface area contributed by atoms with Gasteiger partial charge in [-0.3, -0.25) is 9.89 Å². The summed E-state index contributed by atoms with van der Waals surface area (Å²) in [5.41, 5.74) is 1.91. The number of para-hydroxylation sites is 1. The average Bonchev–Trinajstić information content (AvgIpc) is 2.88. The van der Waals surface area contributed by atoms with Crippen LogP contribution < -0.4 is 10.9 Å². The Balaban J connectivity index is 1.78. The van der Waals surface area contributed by atoms with Crippen LogP contribution in [0, 0.1) is 0 Å². The van der Waals surface area contributed by atoms with Crippen LogP contribution in [0.15, 0.2) is 71.5 Å². The van der Waals surface area contributed by atoms with E-state index in [1.807, 2.05) is 60.7 Å². The van der Waals surface area contributed by atoms with E-state index in [-0.39, 0.29) is 5.56 Å². The van der Waals surface area contributed by atoms with Gasteiger partial charge in [-0.15, -0.1) is 0 Å². The van der Waals surface area contributed by atoms with E-state index in [0.29, 0.717) is 12.4 Å². The lowest BCUT2D eigenvalue weighted by Crippen LogP contribution is -2.13. The Morgan fingerprint density at radius 2 is 1.60 bits per heavy atom. The van der Waals surface area contributed by atoms with Gasteiger partial charge >= 0.3 is 0 Å². The SMILES string of the molecule is O=c1cc(NCc2ccccc2)[nH]n1-c1ccccc1. The maximum Gasteiger partial charge on any atom is 0.273 e. The Morgan fingerprint density at radius 1 is 0.950 bits per heavy atom. The van der Waals surface area contributed by atoms with Gasteiger partial charge in [-0.2, -0.15) is 0 Å². The van der Waals surface area contributed by atoms with Crippen molar-refractivity contribution in [1.82, 2.24) is 9.78 Å². The van der Waals surface area contributed by atoms with Crippen molar-refractivity contribution in [2.45, 2.75) is 6.54 Å². The first-order valence-electron chi connectivity index (χ1n) is 6.48. The number of aromatic amines is 1. The topological polar surface area (TPSA) is 49.8 Å². The molecule has 0 bridgehead atoms. The summed E-state index contributed by atoms with van der Waals surface area (Å²) in [6.07, 6.45) is 0. The van der Waals surface area contributed by atoms with Crippen molar-refractivity contribution >= 4 is 5.82 Å². The highest BCUT2D eigenvalue weighted by Gasteiger charge is 2.04. The Hall–Kier alpha value is -2.75. The third-order valence-electron chi connectivity index (χ3n) is 3.06. The van der Waals surface area contributed by atoms with Crippen LogP contribution in [0.25, 0.3) is 5.69 Å². The van der Waals surface area contributed by atoms with Gasteiger partial charge in [0.15, 0.2) is 0 Å². The Kier molecular flexibility index (Phi) is 3.37. The molecule has 0 spiro atoms. The van der Waals surface area contributed by atoms with E-state index in [1.165, 1.54) is 10.2 Å². The molecule has 3 rings (SSSR count). The highest BCUT2D eigenvalue weighted by molar-refractivity contribution is 5.38. The number of nitrogens with zero attached hydrogens (tertiary/aromatic N) is 1. The van der Waals surface area contributed by atoms with E-state index >= 15 is 0 Å². The van der Waals surface area contributed by atoms with Gasteiger partial charge in [-0.25, -0.2) is 4.68 Å². The summed E-state index contributed by atoms with van der Waals surface area (Å²) >= 11 is 0. The van der Waals surface area contributed by atoms with Crippen LogP contribution in [0.4, 0.5) is 5.82 Å². The number of hydrogen-bond donors (Lipinski definition) is 2. The number of aromatic nitrogens is 2. The molecule has 0 saturated heterocycles. The molecule has 2 aromatic carbocycles. The molecule has 20 heavy (non-hydrogen) atoms. The summed E-state index contributed by atoms with van der Waals surface area (Å²) in [6.45, 7) is 0.676. The van der Waals surface area contributed by atoms with Crippen LogP contribution in [-0.2, 0) is 6.54 Å². The summed E-state index contributed by atoms with van der Waals surface area (Å²) in [6, 6.07) is 21.1. The molecular weight excluding hydrogens is 250 g/mol. The van der Waals surface area contributed by atoms with Crippen molar-refractivity contribution in [3.05, 3.63) is 82.6 Å². The largest absolute Gasteiger partial charge is 0.366 e. The van der Waals surface area contributed by atoms with Crippen molar-refractivity contribution < 1.29 is 0 Å². The highest BCUT2D eigenvalue weighted by atomic mass is 16.1. The molecule has 2 N–H and O–H groups in total. The van der Waals surface area contributed by atoms with Gasteiger partial charge < -0.3 is 5.32 Å². The number of anilines is 1. The van der Waals surface area contributed by atoms with Gasteiger partial charge in [0, 0.05) is 12.6 Å². The maximum atomic E-state index is 11.9. The molecule has 0 unspecified atom stereocenters. The first kappa shape index (κ1) is 12.3. The second kappa shape index (κ2) is 5.48. The number of benzene rings is 2. The molecular formula is C16H15N3O. The predicted molar refractivity (Wildman–Crippen MR) is 80.2 cm³/mol. The smallest absolute Gasteiger partial charge is 0.273 e. The average molecular weight is 265 g/mol. The molecule has 0 atom stereocenters. The van der Waals surface area contributed by atoms with Gasteiger partial charge in [-0.05, 0) is 17.7 Å². The Bertz CT molecular complexity index is 729. The fraction of sp³-hybridized carbons (Fsp3) is 0.0625. The maximum absolute atomic E-state index is 11.9. The van der Waals surface area contributed by atoms with E-state index in [9.17, 15) is 4.79 Å². The van der Waals surface area contributed by atoms with Crippen molar-refractivity contribution in [2.24, 2.45) is 0 Å². The summed E-state index contributed by atoms with van der Waals surface area (Å²) in [7, 11) is 0. The summed E-state index contributed by atoms with van der Waals surface area (Å²) in [5, 5.41) is 6.28. The lowest BCUT2D eigenvalue weighted by atomic mass is 10.2. The van der Waals surface area contributed by atoms with E-state index in [1.54, 1.807) is 6.07 Å². The molecule has 4 heteroatoms. The zero-order valence-corrected chi connectivity index (χ0v) is 10.9. The molecule has 3 aromatic rings. The minimum absolute atomic E-state index is 0.0771. The molecule has 1 heterocycles. The van der Waals surface area contributed by atoms with Crippen molar-refractivity contribution in [2.75, 3.05) is 5.32 Å². The minimum Gasteiger partial charge on any atom is -0.366 e. The molecule has 0 aliphatic carbocycles. The molecule has 4 nitrogen and oxygen atoms in total. The van der Waals surface area contributed by atoms with Crippen LogP contribution in [0.2, 0.25) is 0 Å². The molecule has 0 aliphatic rings. The van der Waals surface area contributed by atoms with Gasteiger partial charge in [0.2, 0.25) is 0 Å². The Morgan fingerprint density at radius 3 is 2.30 bits per heavy atom. The number of rotatable bonds is 4. The number of nitrogens with one attached hydrogen (secondary N) is 2. The zero-order chi connectivity index (χ0) is 13.8. The zero-order valence-electron chi connectivity index (χ0n) is 10.9. The fourth-order valence-electron chi connectivity index (χ4n) is 2.05. The molecule has 0 saturated carbocycles. The lowest BCUT2D eigenvalue weighted by Gasteiger charge is -2.04. The summed E-state index contributed by atoms with van der Waals surface area (Å²) < 4.78 is 1.52. The third kappa shape index (κ3) is 2.64. The van der Waals surface area contributed by atoms with Crippen LogP contribution in [0.1, 0.15) is 5.56 Å². The first-order valence-corrected chi connectivity index (χ1v) is 6.48. The fourth-order valence-corrected chi connectivity index (χ4v) is 2.05. The van der Waals surface area contributed by atoms with E-state index < -0.39 is 0 Å². The first-order chi connectivity index (χ1) is 9.83. The Labute approximate surface area is 116 Å². The second-order valence-electron chi connectivity index (χ2n) is 4.52. The molecule has 0 amide bonds. The van der Waals surface area contributed by atoms with Crippen LogP contribution in [-0.4, -0.2) is 9.78 Å². The molecule has 0 radical (unpaired) electrons. The van der Waals surface area contributed by atoms with Gasteiger partial charge in [-0.1, -0.05) is 48.5 Å². The number of H-pyrrole nitrogens is 1. The van der Waals surface area contributed by atoms with E-state index in [0.717, 1.165) is 5.69 Å². The quantitative estimate of drug-likeness (QED) is 0.762. The lowest BCUT2D eigenvalue weighted by molar-refractivity contribution is 0.848. The van der Waals surface area contributed by atoms with Gasteiger partial charge in [0.05, 0.1) is 5.69 Å². The van der Waals surface area contributed by atoms with Crippen LogP contribution in [0.3, 0.4) is 0 Å². The normalized spacial score (nSPS) is 10.4. The monoisotopic (exact) mass is 265 g/mol. The van der Waals surface area contributed by atoms with Crippen molar-refractivity contribution in [3.8, 4) is 5.69 Å². The number of hydrogen-bond acceptors (Lipinski definition) is 2. The van der Waals surface area contributed by atoms with Crippen molar-refractivity contribution in [1.29, 1.82) is 0 Å². The predicted octanol–water partition coefficient (Wildman–Crippen LogP) is 2.78. The van der Waals surface area contributed by atoms with Gasteiger partial charge in [0.25, 0.3) is 5.56 Å². The standard InChI is InChI=1S/C16H15N3O/c20-16-11-15(17-12-13-7-3-1-4-8-13)18-19(16)14-9-5-2-6-10-14/h1-11,17-18H,12H2. The van der Waals surface area contributed by atoms with Crippen LogP contribution >= 0.6 is 0 Å². The van der Waals surface area contributed by atoms with Crippen LogP contribution in [0.5, 0.6) is 0 Å². The molecule has 0 fully saturated rings. The molecule has 100 valence electrons. The molecule has 0 aliphatic heterocycles. The van der Waals surface area contributed by atoms with Crippen molar-refractivity contribution in [3.63, 3.8) is 0 Å². The van der Waals surface area contributed by atoms with E-state index in [2.05, 4.69) is 10.4 Å². The second-order valence-corrected chi connectivity index (χ2v) is 4.52. The third-order valence-corrected chi connectivity index (χ3v) is 3.06. The summed E-state index contributed by atoms with van der Waals surface area (Å²) in [4.78, 5) is 11.9. The summed E-state index contributed by atoms with van der Waals surface area (Å²) in [5.74, 6) is 0.711. The molecule has 1 aromatic heterocycles. The van der Waals surface area contributed by atoms with Gasteiger partial charge in [0.1, 0.15) is 5.82 Å². The van der Waals surface area contributed by atoms with E-state index in [4.69, 9.17) is 0 Å². The highest BCUT2D eigenvalue weighted by Crippen LogP contribution is 2.07. The minimum atomic E-state index is -0.0771.